The van der Waals surface area contributed by atoms with E-state index in [1.807, 2.05) is 6.92 Å². The summed E-state index contributed by atoms with van der Waals surface area (Å²) in [6.45, 7) is 8.09. The van der Waals surface area contributed by atoms with Gasteiger partial charge in [0.25, 0.3) is 5.91 Å². The molecule has 1 fully saturated rings. The molecule has 0 unspecified atom stereocenters. The van der Waals surface area contributed by atoms with Crippen LogP contribution in [-0.2, 0) is 16.0 Å². The number of rotatable bonds is 5. The van der Waals surface area contributed by atoms with Gasteiger partial charge in [-0.15, -0.1) is 0 Å². The Bertz CT molecular complexity index is 425. The van der Waals surface area contributed by atoms with Crippen LogP contribution in [-0.4, -0.2) is 38.8 Å². The van der Waals surface area contributed by atoms with Crippen molar-refractivity contribution in [3.63, 3.8) is 0 Å². The Labute approximate surface area is 121 Å². The van der Waals surface area contributed by atoms with Crippen LogP contribution in [0.2, 0.25) is 0 Å². The van der Waals surface area contributed by atoms with Crippen molar-refractivity contribution in [1.29, 1.82) is 0 Å². The van der Waals surface area contributed by atoms with Crippen LogP contribution in [0.4, 0.5) is 0 Å². The molecule has 0 aromatic heterocycles. The van der Waals surface area contributed by atoms with Crippen LogP contribution >= 0.6 is 0 Å². The Balaban J connectivity index is 1.82. The molecule has 1 atom stereocenters. The summed E-state index contributed by atoms with van der Waals surface area (Å²) >= 11 is 0. The predicted molar refractivity (Wildman–Crippen MR) is 78.8 cm³/mol. The van der Waals surface area contributed by atoms with Gasteiger partial charge >= 0.3 is 0 Å². The Hall–Kier alpha value is -1.39. The highest BCUT2D eigenvalue weighted by atomic mass is 16.5. The number of carbonyl (C=O) groups excluding carboxylic acids is 1. The van der Waals surface area contributed by atoms with Gasteiger partial charge in [0.2, 0.25) is 0 Å². The Kier molecular flexibility index (Phi) is 5.56. The number of hydrogen-bond acceptors (Lipinski definition) is 2. The molecule has 4 heteroatoms. The molecule has 1 saturated heterocycles. The van der Waals surface area contributed by atoms with Crippen molar-refractivity contribution in [2.45, 2.75) is 26.3 Å². The standard InChI is InChI=1S/C16H24N2O2/c1-3-14-4-6-15(7-5-14)13(2)17-16(19)12-18-8-10-20-11-9-18/h4-7,13H,3,8-12H2,1-2H3,(H,17,19)/p+1/t13-/m0/s1. The smallest absolute Gasteiger partial charge is 0.275 e. The first-order valence-corrected chi connectivity index (χ1v) is 7.48. The van der Waals surface area contributed by atoms with Gasteiger partial charge in [-0.1, -0.05) is 31.2 Å². The summed E-state index contributed by atoms with van der Waals surface area (Å²) in [6, 6.07) is 8.53. The molecular formula is C16H25N2O2+. The molecule has 0 bridgehead atoms. The molecule has 0 aliphatic carbocycles. The minimum atomic E-state index is 0.0637. The predicted octanol–water partition coefficient (Wildman–Crippen LogP) is 0.341. The maximum Gasteiger partial charge on any atom is 0.275 e. The van der Waals surface area contributed by atoms with E-state index in [1.165, 1.54) is 10.5 Å². The molecule has 110 valence electrons. The fourth-order valence-electron chi connectivity index (χ4n) is 2.48. The fraction of sp³-hybridized carbons (Fsp3) is 0.562. The van der Waals surface area contributed by atoms with E-state index in [4.69, 9.17) is 4.74 Å². The maximum atomic E-state index is 12.0. The van der Waals surface area contributed by atoms with Crippen LogP contribution in [0.5, 0.6) is 0 Å². The van der Waals surface area contributed by atoms with Gasteiger partial charge in [-0.2, -0.15) is 0 Å². The highest BCUT2D eigenvalue weighted by Gasteiger charge is 2.19. The third kappa shape index (κ3) is 4.32. The van der Waals surface area contributed by atoms with Gasteiger partial charge in [0, 0.05) is 0 Å². The van der Waals surface area contributed by atoms with E-state index in [0.717, 1.165) is 38.3 Å². The molecule has 1 aromatic carbocycles. The van der Waals surface area contributed by atoms with E-state index >= 15 is 0 Å². The zero-order chi connectivity index (χ0) is 14.4. The lowest BCUT2D eigenvalue weighted by Gasteiger charge is -2.24. The van der Waals surface area contributed by atoms with Crippen LogP contribution in [0.25, 0.3) is 0 Å². The molecule has 1 amide bonds. The van der Waals surface area contributed by atoms with Crippen LogP contribution < -0.4 is 10.2 Å². The summed E-state index contributed by atoms with van der Waals surface area (Å²) < 4.78 is 5.30. The van der Waals surface area contributed by atoms with Crippen molar-refractivity contribution in [2.24, 2.45) is 0 Å². The third-order valence-electron chi connectivity index (χ3n) is 3.88. The molecule has 0 radical (unpaired) electrons. The van der Waals surface area contributed by atoms with Gasteiger partial charge in [0.05, 0.1) is 19.3 Å². The van der Waals surface area contributed by atoms with Crippen molar-refractivity contribution in [3.05, 3.63) is 35.4 Å². The van der Waals surface area contributed by atoms with Crippen LogP contribution in [0.1, 0.15) is 31.0 Å². The summed E-state index contributed by atoms with van der Waals surface area (Å²) in [5.74, 6) is 0.119. The van der Waals surface area contributed by atoms with E-state index in [1.54, 1.807) is 0 Å². The molecule has 0 spiro atoms. The summed E-state index contributed by atoms with van der Waals surface area (Å²) in [6.07, 6.45) is 1.04. The quantitative estimate of drug-likeness (QED) is 0.815. The largest absolute Gasteiger partial charge is 0.370 e. The lowest BCUT2D eigenvalue weighted by Crippen LogP contribution is -3.15. The maximum absolute atomic E-state index is 12.0. The van der Waals surface area contributed by atoms with Crippen LogP contribution in [0.15, 0.2) is 24.3 Å². The number of amides is 1. The molecule has 1 aliphatic rings. The van der Waals surface area contributed by atoms with Crippen LogP contribution in [0, 0.1) is 0 Å². The summed E-state index contributed by atoms with van der Waals surface area (Å²) in [4.78, 5) is 13.4. The number of carbonyl (C=O) groups is 1. The van der Waals surface area contributed by atoms with Gasteiger partial charge < -0.3 is 15.0 Å². The molecule has 4 nitrogen and oxygen atoms in total. The molecule has 0 saturated carbocycles. The molecule has 1 aromatic rings. The normalized spacial score (nSPS) is 17.7. The van der Waals surface area contributed by atoms with Crippen LogP contribution in [0.3, 0.4) is 0 Å². The number of benzene rings is 1. The zero-order valence-electron chi connectivity index (χ0n) is 12.4. The van der Waals surface area contributed by atoms with Crippen molar-refractivity contribution in [2.75, 3.05) is 32.8 Å². The molecular weight excluding hydrogens is 252 g/mol. The van der Waals surface area contributed by atoms with E-state index in [2.05, 4.69) is 36.5 Å². The topological polar surface area (TPSA) is 42.8 Å². The second kappa shape index (κ2) is 7.41. The van der Waals surface area contributed by atoms with Gasteiger partial charge in [-0.05, 0) is 24.5 Å². The number of aryl methyl sites for hydroxylation is 1. The SMILES string of the molecule is CCc1ccc([C@H](C)NC(=O)C[NH+]2CCOCC2)cc1. The Morgan fingerprint density at radius 2 is 1.95 bits per heavy atom. The van der Waals surface area contributed by atoms with Crippen molar-refractivity contribution in [3.8, 4) is 0 Å². The zero-order valence-corrected chi connectivity index (χ0v) is 12.4. The number of morpholine rings is 1. The lowest BCUT2D eigenvalue weighted by molar-refractivity contribution is -0.900. The minimum Gasteiger partial charge on any atom is -0.370 e. The van der Waals surface area contributed by atoms with Crippen molar-refractivity contribution < 1.29 is 14.4 Å². The monoisotopic (exact) mass is 277 g/mol. The molecule has 20 heavy (non-hydrogen) atoms. The Morgan fingerprint density at radius 3 is 2.55 bits per heavy atom. The average molecular weight is 277 g/mol. The van der Waals surface area contributed by atoms with Gasteiger partial charge in [-0.3, -0.25) is 4.79 Å². The van der Waals surface area contributed by atoms with Crippen molar-refractivity contribution >= 4 is 5.91 Å². The molecule has 1 aliphatic heterocycles. The number of nitrogens with one attached hydrogen (secondary N) is 2. The lowest BCUT2D eigenvalue weighted by atomic mass is 10.1. The first kappa shape index (κ1) is 15.0. The van der Waals surface area contributed by atoms with Gasteiger partial charge in [0.1, 0.15) is 13.1 Å². The first-order valence-electron chi connectivity index (χ1n) is 7.48. The number of quaternary nitrogens is 1. The second-order valence-corrected chi connectivity index (χ2v) is 5.42. The van der Waals surface area contributed by atoms with Crippen molar-refractivity contribution in [1.82, 2.24) is 5.32 Å². The minimum absolute atomic E-state index is 0.0637. The average Bonchev–Trinajstić information content (AvgIpc) is 2.48. The summed E-state index contributed by atoms with van der Waals surface area (Å²) in [7, 11) is 0. The number of hydrogen-bond donors (Lipinski definition) is 2. The van der Waals surface area contributed by atoms with E-state index in [9.17, 15) is 4.79 Å². The van der Waals surface area contributed by atoms with E-state index < -0.39 is 0 Å². The summed E-state index contributed by atoms with van der Waals surface area (Å²) in [5, 5.41) is 3.08. The highest BCUT2D eigenvalue weighted by molar-refractivity contribution is 5.77. The molecule has 2 N–H and O–H groups in total. The fourth-order valence-corrected chi connectivity index (χ4v) is 2.48. The number of ether oxygens (including phenoxy) is 1. The van der Waals surface area contributed by atoms with E-state index in [-0.39, 0.29) is 11.9 Å². The second-order valence-electron chi connectivity index (χ2n) is 5.42. The summed E-state index contributed by atoms with van der Waals surface area (Å²) in [5.41, 5.74) is 2.48. The third-order valence-corrected chi connectivity index (χ3v) is 3.88. The molecule has 2 rings (SSSR count). The Morgan fingerprint density at radius 1 is 1.30 bits per heavy atom. The van der Waals surface area contributed by atoms with Gasteiger partial charge in [-0.25, -0.2) is 0 Å². The first-order chi connectivity index (χ1) is 9.69. The molecule has 1 heterocycles. The van der Waals surface area contributed by atoms with Gasteiger partial charge in [0.15, 0.2) is 6.54 Å². The van der Waals surface area contributed by atoms with E-state index in [0.29, 0.717) is 6.54 Å². The highest BCUT2D eigenvalue weighted by Crippen LogP contribution is 2.13.